The van der Waals surface area contributed by atoms with Gasteiger partial charge in [-0.15, -0.1) is 0 Å². The van der Waals surface area contributed by atoms with Crippen LogP contribution in [0.2, 0.25) is 0 Å². The Morgan fingerprint density at radius 2 is 2.00 bits per heavy atom. The number of carbonyl (C=O) groups excluding carboxylic acids is 1. The van der Waals surface area contributed by atoms with Crippen LogP contribution < -0.4 is 5.56 Å². The van der Waals surface area contributed by atoms with Crippen LogP contribution >= 0.6 is 0 Å². The van der Waals surface area contributed by atoms with Crippen molar-refractivity contribution in [1.29, 1.82) is 0 Å². The molecule has 1 aromatic rings. The molecule has 1 saturated carbocycles. The molecule has 1 unspecified atom stereocenters. The van der Waals surface area contributed by atoms with Crippen LogP contribution in [0.4, 0.5) is 4.79 Å². The number of piperidine rings is 1. The molecule has 0 aromatic carbocycles. The Morgan fingerprint density at radius 3 is 2.62 bits per heavy atom. The number of hydrogen-bond acceptors (Lipinski definition) is 5. The first-order valence-electron chi connectivity index (χ1n) is 9.35. The Kier molecular flexibility index (Phi) is 4.86. The largest absolute Gasteiger partial charge is 0.444 e. The molecule has 2 fully saturated rings. The second-order valence-corrected chi connectivity index (χ2v) is 8.71. The van der Waals surface area contributed by atoms with Crippen LogP contribution in [0.25, 0.3) is 0 Å². The van der Waals surface area contributed by atoms with E-state index in [9.17, 15) is 14.7 Å². The SMILES string of the molecule is CC(C)(C)OC(=O)N1CCC(O)(Cn2ccncc2=O)C2(CCCC2)C1. The van der Waals surface area contributed by atoms with Crippen LogP contribution in [0.3, 0.4) is 0 Å². The fourth-order valence-electron chi connectivity index (χ4n) is 4.37. The van der Waals surface area contributed by atoms with E-state index in [1.807, 2.05) is 20.8 Å². The standard InChI is InChI=1S/C19H29N3O4/c1-17(2,3)26-16(24)22-10-8-19(25,18(13-22)6-4-5-7-18)14-21-11-9-20-12-15(21)23/h9,11-12,25H,4-8,10,13-14H2,1-3H3. The third kappa shape index (κ3) is 3.63. The Morgan fingerprint density at radius 1 is 1.31 bits per heavy atom. The van der Waals surface area contributed by atoms with Crippen molar-refractivity contribution in [2.24, 2.45) is 5.41 Å². The summed E-state index contributed by atoms with van der Waals surface area (Å²) < 4.78 is 7.05. The van der Waals surface area contributed by atoms with Crippen molar-refractivity contribution in [3.05, 3.63) is 28.9 Å². The van der Waals surface area contributed by atoms with Gasteiger partial charge in [0.2, 0.25) is 0 Å². The smallest absolute Gasteiger partial charge is 0.410 e. The Balaban J connectivity index is 1.83. The third-order valence-electron chi connectivity index (χ3n) is 5.72. The monoisotopic (exact) mass is 363 g/mol. The second-order valence-electron chi connectivity index (χ2n) is 8.71. The van der Waals surface area contributed by atoms with Gasteiger partial charge >= 0.3 is 6.09 Å². The molecular formula is C19H29N3O4. The number of carbonyl (C=O) groups is 1. The molecule has 1 saturated heterocycles. The zero-order valence-electron chi connectivity index (χ0n) is 15.9. The summed E-state index contributed by atoms with van der Waals surface area (Å²) in [7, 11) is 0. The Labute approximate surface area is 154 Å². The van der Waals surface area contributed by atoms with Crippen molar-refractivity contribution in [3.63, 3.8) is 0 Å². The maximum Gasteiger partial charge on any atom is 0.410 e. The van der Waals surface area contributed by atoms with E-state index in [0.29, 0.717) is 19.5 Å². The second kappa shape index (κ2) is 6.68. The molecule has 7 nitrogen and oxygen atoms in total. The van der Waals surface area contributed by atoms with Gasteiger partial charge < -0.3 is 19.3 Å². The summed E-state index contributed by atoms with van der Waals surface area (Å²) >= 11 is 0. The highest BCUT2D eigenvalue weighted by Crippen LogP contribution is 2.51. The van der Waals surface area contributed by atoms with E-state index in [2.05, 4.69) is 4.98 Å². The normalized spacial score (nSPS) is 25.5. The van der Waals surface area contributed by atoms with E-state index >= 15 is 0 Å². The van der Waals surface area contributed by atoms with E-state index in [0.717, 1.165) is 25.7 Å². The summed E-state index contributed by atoms with van der Waals surface area (Å²) in [6.07, 6.45) is 8.29. The van der Waals surface area contributed by atoms with E-state index in [-0.39, 0.29) is 18.2 Å². The number of nitrogens with zero attached hydrogens (tertiary/aromatic N) is 3. The molecule has 1 aromatic heterocycles. The zero-order valence-corrected chi connectivity index (χ0v) is 15.9. The number of likely N-dealkylation sites (tertiary alicyclic amines) is 1. The van der Waals surface area contributed by atoms with Gasteiger partial charge in [0.1, 0.15) is 5.60 Å². The molecule has 7 heteroatoms. The minimum atomic E-state index is -1.02. The summed E-state index contributed by atoms with van der Waals surface area (Å²) in [4.78, 5) is 30.2. The van der Waals surface area contributed by atoms with Gasteiger partial charge in [-0.1, -0.05) is 12.8 Å². The molecule has 2 heterocycles. The Bertz CT molecular complexity index is 718. The summed E-state index contributed by atoms with van der Waals surface area (Å²) in [6.45, 7) is 6.69. The molecule has 2 aliphatic rings. The molecule has 26 heavy (non-hydrogen) atoms. The van der Waals surface area contributed by atoms with Crippen molar-refractivity contribution >= 4 is 6.09 Å². The molecule has 3 rings (SSSR count). The average Bonchev–Trinajstić information content (AvgIpc) is 3.01. The highest BCUT2D eigenvalue weighted by molar-refractivity contribution is 5.68. The zero-order chi connectivity index (χ0) is 19.0. The quantitative estimate of drug-likeness (QED) is 0.870. The third-order valence-corrected chi connectivity index (χ3v) is 5.72. The number of aliphatic hydroxyl groups is 1. The van der Waals surface area contributed by atoms with Crippen LogP contribution in [0.5, 0.6) is 0 Å². The molecule has 1 amide bonds. The molecule has 1 aliphatic carbocycles. The minimum Gasteiger partial charge on any atom is -0.444 e. The number of hydrogen-bond donors (Lipinski definition) is 1. The minimum absolute atomic E-state index is 0.219. The average molecular weight is 363 g/mol. The predicted octanol–water partition coefficient (Wildman–Crippen LogP) is 2.18. The number of amides is 1. The van der Waals surface area contributed by atoms with Gasteiger partial charge in [-0.3, -0.25) is 9.78 Å². The topological polar surface area (TPSA) is 84.7 Å². The summed E-state index contributed by atoms with van der Waals surface area (Å²) in [5.41, 5.74) is -2.18. The lowest BCUT2D eigenvalue weighted by Gasteiger charge is -2.52. The first-order valence-corrected chi connectivity index (χ1v) is 9.35. The van der Waals surface area contributed by atoms with Crippen LogP contribution in [-0.4, -0.2) is 49.9 Å². The Hall–Kier alpha value is -1.89. The van der Waals surface area contributed by atoms with Crippen molar-refractivity contribution < 1.29 is 14.6 Å². The summed E-state index contributed by atoms with van der Waals surface area (Å²) in [5, 5.41) is 11.6. The highest BCUT2D eigenvalue weighted by atomic mass is 16.6. The molecule has 1 spiro atoms. The van der Waals surface area contributed by atoms with Gasteiger partial charge in [0.05, 0.1) is 18.3 Å². The molecule has 1 atom stereocenters. The van der Waals surface area contributed by atoms with E-state index in [1.54, 1.807) is 17.3 Å². The van der Waals surface area contributed by atoms with Crippen molar-refractivity contribution in [1.82, 2.24) is 14.5 Å². The van der Waals surface area contributed by atoms with Gasteiger partial charge in [-0.2, -0.15) is 0 Å². The van der Waals surface area contributed by atoms with E-state index in [4.69, 9.17) is 4.74 Å². The molecule has 1 aliphatic heterocycles. The maximum absolute atomic E-state index is 12.5. The van der Waals surface area contributed by atoms with Crippen LogP contribution in [-0.2, 0) is 11.3 Å². The van der Waals surface area contributed by atoms with Crippen molar-refractivity contribution in [3.8, 4) is 0 Å². The van der Waals surface area contributed by atoms with Gasteiger partial charge in [0.15, 0.2) is 0 Å². The van der Waals surface area contributed by atoms with Gasteiger partial charge in [0, 0.05) is 30.9 Å². The fourth-order valence-corrected chi connectivity index (χ4v) is 4.37. The van der Waals surface area contributed by atoms with E-state index < -0.39 is 16.6 Å². The lowest BCUT2D eigenvalue weighted by Crippen LogP contribution is -2.62. The van der Waals surface area contributed by atoms with Crippen LogP contribution in [0.15, 0.2) is 23.4 Å². The molecule has 1 N–H and O–H groups in total. The first kappa shape index (κ1) is 18.9. The summed E-state index contributed by atoms with van der Waals surface area (Å²) in [6, 6.07) is 0. The molecular weight excluding hydrogens is 334 g/mol. The highest BCUT2D eigenvalue weighted by Gasteiger charge is 2.56. The van der Waals surface area contributed by atoms with Crippen molar-refractivity contribution in [2.45, 2.75) is 70.6 Å². The number of rotatable bonds is 2. The van der Waals surface area contributed by atoms with Gasteiger partial charge in [0.25, 0.3) is 5.56 Å². The summed E-state index contributed by atoms with van der Waals surface area (Å²) in [5.74, 6) is 0. The lowest BCUT2D eigenvalue weighted by atomic mass is 9.66. The van der Waals surface area contributed by atoms with Crippen molar-refractivity contribution in [2.75, 3.05) is 13.1 Å². The van der Waals surface area contributed by atoms with Crippen LogP contribution in [0, 0.1) is 5.41 Å². The van der Waals surface area contributed by atoms with Gasteiger partial charge in [-0.25, -0.2) is 4.79 Å². The molecule has 144 valence electrons. The fraction of sp³-hybridized carbons (Fsp3) is 0.737. The van der Waals surface area contributed by atoms with E-state index in [1.165, 1.54) is 10.8 Å². The van der Waals surface area contributed by atoms with Crippen LogP contribution in [0.1, 0.15) is 52.9 Å². The lowest BCUT2D eigenvalue weighted by molar-refractivity contribution is -0.140. The molecule has 0 radical (unpaired) electrons. The number of aromatic nitrogens is 2. The predicted molar refractivity (Wildman–Crippen MR) is 96.8 cm³/mol. The maximum atomic E-state index is 12.5. The number of ether oxygens (including phenoxy) is 1. The molecule has 0 bridgehead atoms. The van der Waals surface area contributed by atoms with Gasteiger partial charge in [-0.05, 0) is 40.0 Å². The first-order chi connectivity index (χ1) is 12.1.